The van der Waals surface area contributed by atoms with Gasteiger partial charge in [-0.15, -0.1) is 0 Å². The van der Waals surface area contributed by atoms with E-state index in [0.717, 1.165) is 9.87 Å². The van der Waals surface area contributed by atoms with Crippen LogP contribution in [-0.2, 0) is 32.6 Å². The first-order valence-electron chi connectivity index (χ1n) is 15.4. The van der Waals surface area contributed by atoms with E-state index in [0.29, 0.717) is 35.1 Å². The van der Waals surface area contributed by atoms with Gasteiger partial charge in [-0.25, -0.2) is 8.42 Å². The molecule has 0 aliphatic rings. The van der Waals surface area contributed by atoms with E-state index in [1.54, 1.807) is 56.5 Å². The number of rotatable bonds is 16. The molecule has 0 heterocycles. The van der Waals surface area contributed by atoms with Crippen molar-refractivity contribution in [3.63, 3.8) is 0 Å². The summed E-state index contributed by atoms with van der Waals surface area (Å²) in [6.07, 6.45) is 0.917. The van der Waals surface area contributed by atoms with Crippen molar-refractivity contribution in [2.75, 3.05) is 31.1 Å². The lowest BCUT2D eigenvalue weighted by atomic mass is 10.0. The van der Waals surface area contributed by atoms with Crippen LogP contribution in [0.5, 0.6) is 11.5 Å². The van der Waals surface area contributed by atoms with E-state index in [4.69, 9.17) is 21.1 Å². The maximum atomic E-state index is 14.6. The molecule has 4 aromatic rings. The third-order valence-electron chi connectivity index (χ3n) is 7.42. The smallest absolute Gasteiger partial charge is 0.264 e. The number of sulfonamides is 1. The number of nitrogens with zero attached hydrogens (tertiary/aromatic N) is 2. The molecule has 0 aromatic heterocycles. The summed E-state index contributed by atoms with van der Waals surface area (Å²) in [6.45, 7) is 3.85. The second kappa shape index (κ2) is 16.9. The van der Waals surface area contributed by atoms with Crippen LogP contribution in [0.1, 0.15) is 31.4 Å². The number of anilines is 1. The number of methoxy groups -OCH3 is 1. The van der Waals surface area contributed by atoms with Crippen molar-refractivity contribution in [3.05, 3.63) is 119 Å². The third-order valence-corrected chi connectivity index (χ3v) is 9.45. The van der Waals surface area contributed by atoms with E-state index in [-0.39, 0.29) is 36.1 Å². The molecule has 0 fully saturated rings. The Labute approximate surface area is 282 Å². The van der Waals surface area contributed by atoms with Gasteiger partial charge in [-0.05, 0) is 73.0 Å². The lowest BCUT2D eigenvalue weighted by Gasteiger charge is -2.34. The van der Waals surface area contributed by atoms with Gasteiger partial charge in [-0.1, -0.05) is 73.1 Å². The molecule has 0 radical (unpaired) electrons. The SMILES string of the molecule is CCCNC(=O)[C@@H](Cc1ccccc1)N(Cc1cccc(OC)c1)C(=O)CN(c1ccccc1OCC)S(=O)(=O)c1ccc(Cl)cc1. The van der Waals surface area contributed by atoms with Crippen molar-refractivity contribution < 1.29 is 27.5 Å². The first-order valence-corrected chi connectivity index (χ1v) is 17.2. The van der Waals surface area contributed by atoms with Gasteiger partial charge in [0, 0.05) is 24.5 Å². The highest BCUT2D eigenvalue weighted by Crippen LogP contribution is 2.33. The number of carbonyl (C=O) groups excluding carboxylic acids is 2. The predicted octanol–water partition coefficient (Wildman–Crippen LogP) is 6.11. The molecule has 4 aromatic carbocycles. The summed E-state index contributed by atoms with van der Waals surface area (Å²) in [5, 5.41) is 3.31. The number of hydrogen-bond donors (Lipinski definition) is 1. The number of halogens is 1. The van der Waals surface area contributed by atoms with Crippen molar-refractivity contribution in [1.29, 1.82) is 0 Å². The van der Waals surface area contributed by atoms with Crippen molar-refractivity contribution in [1.82, 2.24) is 10.2 Å². The average Bonchev–Trinajstić information content (AvgIpc) is 3.08. The minimum Gasteiger partial charge on any atom is -0.497 e. The zero-order valence-corrected chi connectivity index (χ0v) is 28.3. The van der Waals surface area contributed by atoms with Gasteiger partial charge in [-0.3, -0.25) is 13.9 Å². The number of ether oxygens (including phenoxy) is 2. The molecule has 1 N–H and O–H groups in total. The standard InChI is InChI=1S/C36H40ClN3O6S/c1-4-22-38-36(42)33(24-27-12-7-6-8-13-27)39(25-28-14-11-15-30(23-28)45-3)35(41)26-40(32-16-9-10-17-34(32)46-5-2)47(43,44)31-20-18-29(37)19-21-31/h6-21,23,33H,4-5,22,24-26H2,1-3H3,(H,38,42)/t33-/m1/s1. The van der Waals surface area contributed by atoms with Gasteiger partial charge in [0.05, 0.1) is 24.3 Å². The number of amides is 2. The number of nitrogens with one attached hydrogen (secondary N) is 1. The van der Waals surface area contributed by atoms with Crippen LogP contribution < -0.4 is 19.1 Å². The highest BCUT2D eigenvalue weighted by molar-refractivity contribution is 7.92. The number of para-hydroxylation sites is 2. The Morgan fingerprint density at radius 3 is 2.23 bits per heavy atom. The Kier molecular flexibility index (Phi) is 12.7. The van der Waals surface area contributed by atoms with E-state index in [1.165, 1.54) is 29.2 Å². The molecule has 2 amide bonds. The summed E-state index contributed by atoms with van der Waals surface area (Å²) in [4.78, 5) is 29.9. The molecule has 0 aliphatic carbocycles. The van der Waals surface area contributed by atoms with Gasteiger partial charge >= 0.3 is 0 Å². The molecule has 9 nitrogen and oxygen atoms in total. The van der Waals surface area contributed by atoms with Gasteiger partial charge in [0.2, 0.25) is 11.8 Å². The summed E-state index contributed by atoms with van der Waals surface area (Å²) < 4.78 is 40.9. The Balaban J connectivity index is 1.84. The third kappa shape index (κ3) is 9.27. The molecule has 4 rings (SSSR count). The fourth-order valence-electron chi connectivity index (χ4n) is 5.08. The molecule has 0 aliphatic heterocycles. The summed E-state index contributed by atoms with van der Waals surface area (Å²) >= 11 is 6.08. The van der Waals surface area contributed by atoms with E-state index >= 15 is 0 Å². The van der Waals surface area contributed by atoms with Crippen LogP contribution in [0.2, 0.25) is 5.02 Å². The van der Waals surface area contributed by atoms with Gasteiger partial charge in [0.1, 0.15) is 24.1 Å². The summed E-state index contributed by atoms with van der Waals surface area (Å²) in [6, 6.07) is 28.0. The monoisotopic (exact) mass is 677 g/mol. The Bertz CT molecular complexity index is 1740. The molecular weight excluding hydrogens is 638 g/mol. The molecule has 0 saturated carbocycles. The molecule has 47 heavy (non-hydrogen) atoms. The first-order chi connectivity index (χ1) is 22.7. The second-order valence-electron chi connectivity index (χ2n) is 10.7. The summed E-state index contributed by atoms with van der Waals surface area (Å²) in [7, 11) is -2.77. The van der Waals surface area contributed by atoms with Crippen LogP contribution in [-0.4, -0.2) is 58.0 Å². The molecule has 0 spiro atoms. The van der Waals surface area contributed by atoms with Crippen molar-refractivity contribution in [2.24, 2.45) is 0 Å². The van der Waals surface area contributed by atoms with Gasteiger partial charge in [0.25, 0.3) is 10.0 Å². The van der Waals surface area contributed by atoms with Crippen LogP contribution in [0.3, 0.4) is 0 Å². The lowest BCUT2D eigenvalue weighted by Crippen LogP contribution is -2.53. The Morgan fingerprint density at radius 1 is 0.872 bits per heavy atom. The first kappa shape index (κ1) is 35.3. The number of hydrogen-bond acceptors (Lipinski definition) is 6. The van der Waals surface area contributed by atoms with Crippen LogP contribution >= 0.6 is 11.6 Å². The molecule has 248 valence electrons. The summed E-state index contributed by atoms with van der Waals surface area (Å²) in [5.74, 6) is -0.0400. The molecule has 0 bridgehead atoms. The van der Waals surface area contributed by atoms with Crippen LogP contribution in [0.4, 0.5) is 5.69 Å². The van der Waals surface area contributed by atoms with Crippen LogP contribution in [0.25, 0.3) is 0 Å². The normalized spacial score (nSPS) is 11.7. The van der Waals surface area contributed by atoms with Crippen molar-refractivity contribution in [3.8, 4) is 11.5 Å². The highest BCUT2D eigenvalue weighted by Gasteiger charge is 2.35. The van der Waals surface area contributed by atoms with Crippen molar-refractivity contribution in [2.45, 2.75) is 44.2 Å². The molecule has 11 heteroatoms. The number of carbonyl (C=O) groups is 2. The Morgan fingerprint density at radius 2 is 1.55 bits per heavy atom. The molecule has 0 saturated heterocycles. The zero-order chi connectivity index (χ0) is 33.8. The average molecular weight is 678 g/mol. The predicted molar refractivity (Wildman–Crippen MR) is 184 cm³/mol. The quantitative estimate of drug-likeness (QED) is 0.154. The fourth-order valence-corrected chi connectivity index (χ4v) is 6.63. The highest BCUT2D eigenvalue weighted by atomic mass is 35.5. The van der Waals surface area contributed by atoms with E-state index in [1.807, 2.05) is 43.3 Å². The topological polar surface area (TPSA) is 105 Å². The largest absolute Gasteiger partial charge is 0.497 e. The van der Waals surface area contributed by atoms with Gasteiger partial charge < -0.3 is 19.7 Å². The molecular formula is C36H40ClN3O6S. The second-order valence-corrected chi connectivity index (χ2v) is 13.0. The van der Waals surface area contributed by atoms with Gasteiger partial charge in [-0.2, -0.15) is 0 Å². The van der Waals surface area contributed by atoms with E-state index in [9.17, 15) is 18.0 Å². The van der Waals surface area contributed by atoms with Crippen molar-refractivity contribution >= 4 is 39.1 Å². The molecule has 1 atom stereocenters. The maximum absolute atomic E-state index is 14.6. The Hall–Kier alpha value is -4.54. The number of benzene rings is 4. The zero-order valence-electron chi connectivity index (χ0n) is 26.8. The summed E-state index contributed by atoms with van der Waals surface area (Å²) in [5.41, 5.74) is 1.75. The fraction of sp³-hybridized carbons (Fsp3) is 0.278. The molecule has 0 unspecified atom stereocenters. The maximum Gasteiger partial charge on any atom is 0.264 e. The van der Waals surface area contributed by atoms with Crippen LogP contribution in [0.15, 0.2) is 108 Å². The van der Waals surface area contributed by atoms with E-state index < -0.39 is 28.5 Å². The van der Waals surface area contributed by atoms with Crippen LogP contribution in [0, 0.1) is 0 Å². The minimum atomic E-state index is -4.32. The lowest BCUT2D eigenvalue weighted by molar-refractivity contribution is -0.140. The minimum absolute atomic E-state index is 0.0228. The van der Waals surface area contributed by atoms with Gasteiger partial charge in [0.15, 0.2) is 0 Å². The van der Waals surface area contributed by atoms with E-state index in [2.05, 4.69) is 5.32 Å².